The van der Waals surface area contributed by atoms with Gasteiger partial charge >= 0.3 is 0 Å². The molecular weight excluding hydrogens is 260 g/mol. The Morgan fingerprint density at radius 2 is 2.00 bits per heavy atom. The Morgan fingerprint density at radius 1 is 1.37 bits per heavy atom. The van der Waals surface area contributed by atoms with E-state index in [4.69, 9.17) is 6.42 Å². The van der Waals surface area contributed by atoms with Crippen molar-refractivity contribution in [2.75, 3.05) is 11.9 Å². The van der Waals surface area contributed by atoms with Crippen molar-refractivity contribution in [1.29, 1.82) is 0 Å². The average Bonchev–Trinajstić information content (AvgIpc) is 2.37. The number of thioether (sulfide) groups is 1. The van der Waals surface area contributed by atoms with Crippen molar-refractivity contribution in [2.24, 2.45) is 0 Å². The van der Waals surface area contributed by atoms with Crippen LogP contribution in [0.3, 0.4) is 0 Å². The fourth-order valence-electron chi connectivity index (χ4n) is 1.36. The van der Waals surface area contributed by atoms with Crippen molar-refractivity contribution < 1.29 is 9.59 Å². The lowest BCUT2D eigenvalue weighted by molar-refractivity contribution is -0.120. The largest absolute Gasteiger partial charge is 0.344 e. The number of hydrogen-bond donors (Lipinski definition) is 2. The molecule has 1 unspecified atom stereocenters. The van der Waals surface area contributed by atoms with Crippen LogP contribution in [0.1, 0.15) is 13.8 Å². The number of rotatable bonds is 5. The second kappa shape index (κ2) is 7.49. The second-order valence-electron chi connectivity index (χ2n) is 3.89. The van der Waals surface area contributed by atoms with E-state index < -0.39 is 0 Å². The lowest BCUT2D eigenvalue weighted by Gasteiger charge is -2.11. The molecule has 2 N–H and O–H groups in total. The first-order chi connectivity index (χ1) is 9.02. The van der Waals surface area contributed by atoms with Gasteiger partial charge in [-0.1, -0.05) is 5.92 Å². The van der Waals surface area contributed by atoms with Gasteiger partial charge in [0.1, 0.15) is 0 Å². The van der Waals surface area contributed by atoms with Gasteiger partial charge in [0.25, 0.3) is 0 Å². The Hall–Kier alpha value is -1.93. The number of anilines is 1. The molecule has 0 fully saturated rings. The summed E-state index contributed by atoms with van der Waals surface area (Å²) in [5, 5.41) is 5.10. The van der Waals surface area contributed by atoms with Crippen LogP contribution in [0.5, 0.6) is 0 Å². The van der Waals surface area contributed by atoms with Gasteiger partial charge < -0.3 is 10.6 Å². The van der Waals surface area contributed by atoms with Gasteiger partial charge in [-0.05, 0) is 31.2 Å². The van der Waals surface area contributed by atoms with Crippen molar-refractivity contribution in [3.63, 3.8) is 0 Å². The normalized spacial score (nSPS) is 11.2. The first kappa shape index (κ1) is 15.1. The number of carbonyl (C=O) groups is 2. The third-order valence-corrected chi connectivity index (χ3v) is 3.33. The maximum absolute atomic E-state index is 11.6. The quantitative estimate of drug-likeness (QED) is 0.637. The number of terminal acetylenes is 1. The highest BCUT2D eigenvalue weighted by molar-refractivity contribution is 8.00. The highest BCUT2D eigenvalue weighted by atomic mass is 32.2. The lowest BCUT2D eigenvalue weighted by Crippen LogP contribution is -2.30. The van der Waals surface area contributed by atoms with Crippen molar-refractivity contribution >= 4 is 29.3 Å². The van der Waals surface area contributed by atoms with Gasteiger partial charge in [-0.25, -0.2) is 0 Å². The zero-order chi connectivity index (χ0) is 14.3. The predicted molar refractivity (Wildman–Crippen MR) is 77.9 cm³/mol. The highest BCUT2D eigenvalue weighted by Crippen LogP contribution is 2.24. The molecule has 0 aromatic heterocycles. The maximum Gasteiger partial charge on any atom is 0.233 e. The van der Waals surface area contributed by atoms with Crippen molar-refractivity contribution in [2.45, 2.75) is 24.0 Å². The van der Waals surface area contributed by atoms with E-state index in [2.05, 4.69) is 16.6 Å². The van der Waals surface area contributed by atoms with Crippen molar-refractivity contribution in [3.05, 3.63) is 24.3 Å². The summed E-state index contributed by atoms with van der Waals surface area (Å²) in [4.78, 5) is 23.5. The summed E-state index contributed by atoms with van der Waals surface area (Å²) in [5.41, 5.74) is 0.737. The minimum absolute atomic E-state index is 0.0890. The third kappa shape index (κ3) is 5.49. The van der Waals surface area contributed by atoms with Crippen LogP contribution >= 0.6 is 11.8 Å². The molecule has 0 aliphatic carbocycles. The minimum Gasteiger partial charge on any atom is -0.344 e. The Labute approximate surface area is 117 Å². The van der Waals surface area contributed by atoms with Crippen LogP contribution in [0.15, 0.2) is 29.2 Å². The van der Waals surface area contributed by atoms with Gasteiger partial charge in [-0.3, -0.25) is 9.59 Å². The minimum atomic E-state index is -0.222. The fourth-order valence-corrected chi connectivity index (χ4v) is 2.25. The number of nitrogens with one attached hydrogen (secondary N) is 2. The summed E-state index contributed by atoms with van der Waals surface area (Å²) >= 11 is 1.44. The SMILES string of the molecule is C#CCNC(=O)C(C)Sc1ccc(NC(C)=O)cc1. The molecule has 19 heavy (non-hydrogen) atoms. The van der Waals surface area contributed by atoms with E-state index in [1.54, 1.807) is 12.1 Å². The average molecular weight is 276 g/mol. The van der Waals surface area contributed by atoms with Crippen LogP contribution in [0, 0.1) is 12.3 Å². The fraction of sp³-hybridized carbons (Fsp3) is 0.286. The molecule has 4 nitrogen and oxygen atoms in total. The van der Waals surface area contributed by atoms with Gasteiger partial charge in [0.15, 0.2) is 0 Å². The Balaban J connectivity index is 2.55. The third-order valence-electron chi connectivity index (χ3n) is 2.22. The van der Waals surface area contributed by atoms with Crippen LogP contribution in [0.25, 0.3) is 0 Å². The molecule has 0 aliphatic heterocycles. The topological polar surface area (TPSA) is 58.2 Å². The molecule has 1 aromatic carbocycles. The summed E-state index contributed by atoms with van der Waals surface area (Å²) in [7, 11) is 0. The van der Waals surface area contributed by atoms with E-state index in [1.165, 1.54) is 18.7 Å². The van der Waals surface area contributed by atoms with Crippen LogP contribution in [-0.2, 0) is 9.59 Å². The van der Waals surface area contributed by atoms with Crippen LogP contribution < -0.4 is 10.6 Å². The molecule has 5 heteroatoms. The number of hydrogen-bond acceptors (Lipinski definition) is 3. The number of benzene rings is 1. The van der Waals surface area contributed by atoms with Crippen molar-refractivity contribution in [3.8, 4) is 12.3 Å². The second-order valence-corrected chi connectivity index (χ2v) is 5.30. The summed E-state index contributed by atoms with van der Waals surface area (Å²) in [6, 6.07) is 7.33. The summed E-state index contributed by atoms with van der Waals surface area (Å²) < 4.78 is 0. The smallest absolute Gasteiger partial charge is 0.233 e. The zero-order valence-electron chi connectivity index (χ0n) is 10.9. The molecule has 0 saturated carbocycles. The van der Waals surface area contributed by atoms with E-state index in [0.717, 1.165) is 10.6 Å². The summed E-state index contributed by atoms with van der Waals surface area (Å²) in [6.07, 6.45) is 5.08. The zero-order valence-corrected chi connectivity index (χ0v) is 11.7. The van der Waals surface area contributed by atoms with Gasteiger partial charge in [0.05, 0.1) is 11.8 Å². The molecule has 0 heterocycles. The van der Waals surface area contributed by atoms with E-state index in [0.29, 0.717) is 0 Å². The Kier molecular flexibility index (Phi) is 5.97. The molecule has 1 aromatic rings. The van der Waals surface area contributed by atoms with E-state index >= 15 is 0 Å². The molecule has 0 saturated heterocycles. The number of amides is 2. The molecule has 0 spiro atoms. The molecule has 100 valence electrons. The molecule has 2 amide bonds. The summed E-state index contributed by atoms with van der Waals surface area (Å²) in [6.45, 7) is 3.52. The van der Waals surface area contributed by atoms with E-state index in [9.17, 15) is 9.59 Å². The molecular formula is C14H16N2O2S. The van der Waals surface area contributed by atoms with E-state index in [1.807, 2.05) is 19.1 Å². The summed E-state index contributed by atoms with van der Waals surface area (Å²) in [5.74, 6) is 2.16. The Morgan fingerprint density at radius 3 is 2.53 bits per heavy atom. The molecule has 0 aliphatic rings. The molecule has 0 bridgehead atoms. The Bertz CT molecular complexity index is 491. The standard InChI is InChI=1S/C14H16N2O2S/c1-4-9-15-14(18)10(2)19-13-7-5-12(6-8-13)16-11(3)17/h1,5-8,10H,9H2,2-3H3,(H,15,18)(H,16,17). The monoisotopic (exact) mass is 276 g/mol. The predicted octanol–water partition coefficient (Wildman–Crippen LogP) is 1.87. The van der Waals surface area contributed by atoms with Crippen molar-refractivity contribution in [1.82, 2.24) is 5.32 Å². The van der Waals surface area contributed by atoms with Gasteiger partial charge in [0.2, 0.25) is 11.8 Å². The van der Waals surface area contributed by atoms with Gasteiger partial charge in [0, 0.05) is 17.5 Å². The van der Waals surface area contributed by atoms with Crippen LogP contribution in [0.2, 0.25) is 0 Å². The van der Waals surface area contributed by atoms with Crippen LogP contribution in [-0.4, -0.2) is 23.6 Å². The van der Waals surface area contributed by atoms with Crippen LogP contribution in [0.4, 0.5) is 5.69 Å². The molecule has 1 atom stereocenters. The lowest BCUT2D eigenvalue weighted by atomic mass is 10.3. The highest BCUT2D eigenvalue weighted by Gasteiger charge is 2.13. The van der Waals surface area contributed by atoms with Gasteiger partial charge in [-0.2, -0.15) is 0 Å². The first-order valence-electron chi connectivity index (χ1n) is 5.78. The molecule has 0 radical (unpaired) electrons. The van der Waals surface area contributed by atoms with E-state index in [-0.39, 0.29) is 23.6 Å². The maximum atomic E-state index is 11.6. The van der Waals surface area contributed by atoms with Gasteiger partial charge in [-0.15, -0.1) is 18.2 Å². The number of carbonyl (C=O) groups excluding carboxylic acids is 2. The first-order valence-corrected chi connectivity index (χ1v) is 6.66. The molecule has 1 rings (SSSR count).